The molecule has 1 atom stereocenters. The number of ether oxygens (including phenoxy) is 2. The van der Waals surface area contributed by atoms with E-state index in [1.807, 2.05) is 12.3 Å². The minimum atomic E-state index is -0.275. The summed E-state index contributed by atoms with van der Waals surface area (Å²) in [7, 11) is 1.60. The van der Waals surface area contributed by atoms with Crippen LogP contribution in [0.5, 0.6) is 5.88 Å². The number of hydrogen-bond acceptors (Lipinski definition) is 8. The molecule has 3 aliphatic rings. The van der Waals surface area contributed by atoms with Crippen molar-refractivity contribution in [2.75, 3.05) is 33.4 Å². The fraction of sp³-hybridized carbons (Fsp3) is 0.524. The number of primary amides is 1. The number of likely N-dealkylation sites (tertiary alicyclic amines) is 1. The molecule has 0 radical (unpaired) electrons. The number of allylic oxidation sites excluding steroid dienone is 1. The molecule has 5 heterocycles. The quantitative estimate of drug-likeness (QED) is 0.732. The molecule has 2 fully saturated rings. The first-order valence-corrected chi connectivity index (χ1v) is 11.3. The third-order valence-corrected chi connectivity index (χ3v) is 7.01. The molecule has 0 bridgehead atoms. The molecule has 0 saturated carbocycles. The van der Waals surface area contributed by atoms with Gasteiger partial charge in [-0.25, -0.2) is 14.8 Å². The van der Waals surface area contributed by atoms with Crippen molar-refractivity contribution in [3.05, 3.63) is 23.3 Å². The molecule has 3 aliphatic heterocycles. The predicted molar refractivity (Wildman–Crippen MR) is 121 cm³/mol. The van der Waals surface area contributed by atoms with Crippen LogP contribution in [-0.4, -0.2) is 66.7 Å². The number of amides is 2. The fourth-order valence-electron chi connectivity index (χ4n) is 4.34. The van der Waals surface area contributed by atoms with E-state index >= 15 is 0 Å². The second-order valence-corrected chi connectivity index (χ2v) is 8.95. The van der Waals surface area contributed by atoms with Crippen molar-refractivity contribution < 1.29 is 14.3 Å². The molecule has 2 aromatic rings. The number of thiazole rings is 1. The zero-order valence-corrected chi connectivity index (χ0v) is 18.4. The van der Waals surface area contributed by atoms with Gasteiger partial charge in [-0.15, -0.1) is 11.3 Å². The number of methoxy groups -OCH3 is 1. The number of nitrogens with zero attached hydrogens (tertiary/aromatic N) is 4. The van der Waals surface area contributed by atoms with Gasteiger partial charge < -0.3 is 25.8 Å². The molecule has 1 unspecified atom stereocenters. The molecule has 31 heavy (non-hydrogen) atoms. The van der Waals surface area contributed by atoms with Crippen LogP contribution in [0.3, 0.4) is 0 Å². The first kappa shape index (κ1) is 21.7. The van der Waals surface area contributed by atoms with Gasteiger partial charge in [-0.2, -0.15) is 0 Å². The first-order valence-electron chi connectivity index (χ1n) is 10.4. The Morgan fingerprint density at radius 1 is 1.32 bits per heavy atom. The van der Waals surface area contributed by atoms with E-state index in [0.717, 1.165) is 73.3 Å². The van der Waals surface area contributed by atoms with Gasteiger partial charge in [0.25, 0.3) is 0 Å². The topological polar surface area (TPSA) is 129 Å². The number of rotatable bonds is 2. The van der Waals surface area contributed by atoms with Crippen LogP contribution >= 0.6 is 11.3 Å². The number of hydrogen-bond donors (Lipinski definition) is 2. The van der Waals surface area contributed by atoms with E-state index in [1.165, 1.54) is 0 Å². The Morgan fingerprint density at radius 2 is 2.13 bits per heavy atom. The molecule has 166 valence electrons. The number of fused-ring (bicyclic) bond motifs is 1. The minimum Gasteiger partial charge on any atom is -0.479 e. The van der Waals surface area contributed by atoms with Gasteiger partial charge in [-0.1, -0.05) is 0 Å². The molecule has 4 N–H and O–H groups in total. The van der Waals surface area contributed by atoms with Crippen molar-refractivity contribution in [3.63, 3.8) is 0 Å². The van der Waals surface area contributed by atoms with Crippen LogP contribution in [0.15, 0.2) is 22.8 Å². The second kappa shape index (κ2) is 9.29. The fourth-order valence-corrected chi connectivity index (χ4v) is 5.16. The van der Waals surface area contributed by atoms with Crippen LogP contribution in [0.2, 0.25) is 0 Å². The monoisotopic (exact) mass is 444 g/mol. The van der Waals surface area contributed by atoms with Crippen molar-refractivity contribution in [3.8, 4) is 5.88 Å². The summed E-state index contributed by atoms with van der Waals surface area (Å²) in [6.45, 7) is 3.35. The highest BCUT2D eigenvalue weighted by atomic mass is 32.1. The SMILES string of the molecule is COc1ncc(C2=CC=NC(N)C2)c2scnc12.NC(=O)N1CCC2(CCOCC2)C1. The Hall–Kier alpha value is -2.56. The van der Waals surface area contributed by atoms with Crippen LogP contribution in [0.1, 0.15) is 31.2 Å². The van der Waals surface area contributed by atoms with E-state index in [0.29, 0.717) is 11.3 Å². The Balaban J connectivity index is 0.000000158. The Morgan fingerprint density at radius 3 is 2.81 bits per heavy atom. The second-order valence-electron chi connectivity index (χ2n) is 8.09. The molecule has 2 saturated heterocycles. The Bertz CT molecular complexity index is 998. The standard InChI is InChI=1S/C12H12N4OS.C9H16N2O2/c1-17-12-10-11(18-6-16-10)8(5-15-12)7-2-3-14-9(13)4-7;10-8(12)11-4-1-9(7-11)2-5-13-6-3-9/h2-3,5-6,9H,4,13H2,1H3;1-7H2,(H2,10,12). The lowest BCUT2D eigenvalue weighted by molar-refractivity contribution is 0.0210. The molecule has 9 nitrogen and oxygen atoms in total. The number of urea groups is 1. The van der Waals surface area contributed by atoms with Crippen molar-refractivity contribution in [2.24, 2.45) is 21.9 Å². The zero-order chi connectivity index (χ0) is 21.8. The van der Waals surface area contributed by atoms with Crippen molar-refractivity contribution >= 4 is 39.4 Å². The molecule has 10 heteroatoms. The van der Waals surface area contributed by atoms with Gasteiger partial charge in [0.15, 0.2) is 0 Å². The highest BCUT2D eigenvalue weighted by molar-refractivity contribution is 7.17. The van der Waals surface area contributed by atoms with Crippen molar-refractivity contribution in [1.82, 2.24) is 14.9 Å². The van der Waals surface area contributed by atoms with E-state index in [9.17, 15) is 4.79 Å². The summed E-state index contributed by atoms with van der Waals surface area (Å²) in [6, 6.07) is -0.275. The van der Waals surface area contributed by atoms with Gasteiger partial charge in [0, 0.05) is 50.7 Å². The summed E-state index contributed by atoms with van der Waals surface area (Å²) in [5, 5.41) is 0. The van der Waals surface area contributed by atoms with E-state index in [-0.39, 0.29) is 12.2 Å². The predicted octanol–water partition coefficient (Wildman–Crippen LogP) is 2.41. The first-order chi connectivity index (χ1) is 15.0. The van der Waals surface area contributed by atoms with Gasteiger partial charge in [0.05, 0.1) is 17.3 Å². The maximum Gasteiger partial charge on any atom is 0.314 e. The average molecular weight is 445 g/mol. The number of dihydropyridines is 1. The average Bonchev–Trinajstić information content (AvgIpc) is 3.42. The lowest BCUT2D eigenvalue weighted by atomic mass is 9.80. The summed E-state index contributed by atoms with van der Waals surface area (Å²) in [5.74, 6) is 0.560. The molecule has 0 aromatic carbocycles. The van der Waals surface area contributed by atoms with E-state index < -0.39 is 0 Å². The van der Waals surface area contributed by atoms with Crippen LogP contribution in [0, 0.1) is 5.41 Å². The minimum absolute atomic E-state index is 0.171. The lowest BCUT2D eigenvalue weighted by Crippen LogP contribution is -2.38. The molecular weight excluding hydrogens is 416 g/mol. The largest absolute Gasteiger partial charge is 0.479 e. The summed E-state index contributed by atoms with van der Waals surface area (Å²) < 4.78 is 11.6. The molecule has 2 aromatic heterocycles. The summed E-state index contributed by atoms with van der Waals surface area (Å²) in [6.07, 6.45) is 9.35. The van der Waals surface area contributed by atoms with E-state index in [4.69, 9.17) is 20.9 Å². The number of pyridine rings is 1. The smallest absolute Gasteiger partial charge is 0.314 e. The van der Waals surface area contributed by atoms with Crippen LogP contribution in [0.25, 0.3) is 15.8 Å². The van der Waals surface area contributed by atoms with E-state index in [1.54, 1.807) is 35.1 Å². The highest BCUT2D eigenvalue weighted by Crippen LogP contribution is 2.39. The van der Waals surface area contributed by atoms with Crippen molar-refractivity contribution in [1.29, 1.82) is 0 Å². The van der Waals surface area contributed by atoms with Gasteiger partial charge in [0.1, 0.15) is 11.7 Å². The van der Waals surface area contributed by atoms with Gasteiger partial charge >= 0.3 is 6.03 Å². The third kappa shape index (κ3) is 4.70. The van der Waals surface area contributed by atoms with Crippen LogP contribution < -0.4 is 16.2 Å². The highest BCUT2D eigenvalue weighted by Gasteiger charge is 2.40. The molecule has 2 amide bonds. The molecule has 1 spiro atoms. The summed E-state index contributed by atoms with van der Waals surface area (Å²) in [5.41, 5.74) is 16.2. The lowest BCUT2D eigenvalue weighted by Gasteiger charge is -2.32. The molecular formula is C21H28N6O3S. The number of aromatic nitrogens is 2. The summed E-state index contributed by atoms with van der Waals surface area (Å²) >= 11 is 1.58. The van der Waals surface area contributed by atoms with E-state index in [2.05, 4.69) is 15.0 Å². The number of carbonyl (C=O) groups is 1. The van der Waals surface area contributed by atoms with Gasteiger partial charge in [-0.05, 0) is 36.3 Å². The normalized spacial score (nSPS) is 22.2. The number of carbonyl (C=O) groups excluding carboxylic acids is 1. The molecule has 0 aliphatic carbocycles. The Labute approximate surface area is 185 Å². The number of nitrogens with two attached hydrogens (primary N) is 2. The zero-order valence-electron chi connectivity index (χ0n) is 17.6. The third-order valence-electron chi connectivity index (χ3n) is 6.15. The number of aliphatic imine (C=N–C) groups is 1. The maximum absolute atomic E-state index is 10.9. The molecule has 5 rings (SSSR count). The Kier molecular flexibility index (Phi) is 6.49. The van der Waals surface area contributed by atoms with Gasteiger partial charge in [0.2, 0.25) is 5.88 Å². The summed E-state index contributed by atoms with van der Waals surface area (Å²) in [4.78, 5) is 25.4. The maximum atomic E-state index is 10.9. The van der Waals surface area contributed by atoms with Gasteiger partial charge in [-0.3, -0.25) is 4.99 Å². The van der Waals surface area contributed by atoms with Crippen molar-refractivity contribution in [2.45, 2.75) is 31.8 Å². The van der Waals surface area contributed by atoms with Crippen LogP contribution in [0.4, 0.5) is 4.79 Å². The van der Waals surface area contributed by atoms with Crippen LogP contribution in [-0.2, 0) is 4.74 Å².